The summed E-state index contributed by atoms with van der Waals surface area (Å²) in [6.07, 6.45) is 0. The maximum Gasteiger partial charge on any atom is 0.325 e. The van der Waals surface area contributed by atoms with Crippen LogP contribution < -0.4 is 4.90 Å². The molecule has 0 bridgehead atoms. The van der Waals surface area contributed by atoms with Crippen LogP contribution in [-0.2, 0) is 16.4 Å². The van der Waals surface area contributed by atoms with E-state index in [1.165, 1.54) is 52.3 Å². The third-order valence-electron chi connectivity index (χ3n) is 4.97. The SMILES string of the molecule is O=C1N(Cc2c(F)cccc2Cl)[C@H]2CS(=O)(=O)C[C@@H]2N1c1ccc(F)cc1. The maximum absolute atomic E-state index is 14.2. The molecule has 0 saturated carbocycles. The van der Waals surface area contributed by atoms with Crippen LogP contribution in [-0.4, -0.2) is 42.9 Å². The fourth-order valence-electron chi connectivity index (χ4n) is 3.72. The topological polar surface area (TPSA) is 57.7 Å². The zero-order valence-electron chi connectivity index (χ0n) is 14.0. The lowest BCUT2D eigenvalue weighted by Gasteiger charge is -2.23. The van der Waals surface area contributed by atoms with E-state index in [-0.39, 0.29) is 28.6 Å². The van der Waals surface area contributed by atoms with E-state index in [9.17, 15) is 22.0 Å². The summed E-state index contributed by atoms with van der Waals surface area (Å²) in [7, 11) is -3.36. The molecule has 0 aromatic heterocycles. The van der Waals surface area contributed by atoms with Gasteiger partial charge in [-0.25, -0.2) is 22.0 Å². The van der Waals surface area contributed by atoms with E-state index in [4.69, 9.17) is 11.6 Å². The summed E-state index contributed by atoms with van der Waals surface area (Å²) in [5.74, 6) is -1.42. The van der Waals surface area contributed by atoms with Crippen LogP contribution in [0.4, 0.5) is 19.3 Å². The van der Waals surface area contributed by atoms with Crippen molar-refractivity contribution < 1.29 is 22.0 Å². The highest BCUT2D eigenvalue weighted by molar-refractivity contribution is 7.91. The second-order valence-electron chi connectivity index (χ2n) is 6.67. The van der Waals surface area contributed by atoms with E-state index in [2.05, 4.69) is 0 Å². The Bertz CT molecular complexity index is 994. The average molecular weight is 413 g/mol. The lowest BCUT2D eigenvalue weighted by Crippen LogP contribution is -2.37. The number of rotatable bonds is 3. The summed E-state index contributed by atoms with van der Waals surface area (Å²) in [6, 6.07) is 7.79. The van der Waals surface area contributed by atoms with Crippen LogP contribution in [0.3, 0.4) is 0 Å². The van der Waals surface area contributed by atoms with Crippen molar-refractivity contribution in [2.24, 2.45) is 0 Å². The maximum atomic E-state index is 14.2. The Balaban J connectivity index is 1.74. The predicted molar refractivity (Wildman–Crippen MR) is 97.5 cm³/mol. The zero-order valence-corrected chi connectivity index (χ0v) is 15.6. The summed E-state index contributed by atoms with van der Waals surface area (Å²) in [5, 5.41) is 0.167. The van der Waals surface area contributed by atoms with E-state index in [0.717, 1.165) is 0 Å². The number of benzene rings is 2. The molecule has 2 aliphatic heterocycles. The Morgan fingerprint density at radius 1 is 1.04 bits per heavy atom. The van der Waals surface area contributed by atoms with E-state index < -0.39 is 39.6 Å². The molecule has 0 radical (unpaired) electrons. The number of anilines is 1. The fraction of sp³-hybridized carbons (Fsp3) is 0.278. The molecule has 0 aliphatic carbocycles. The summed E-state index contributed by atoms with van der Waals surface area (Å²) >= 11 is 6.07. The van der Waals surface area contributed by atoms with Crippen molar-refractivity contribution in [2.75, 3.05) is 16.4 Å². The largest absolute Gasteiger partial charge is 0.325 e. The molecule has 0 spiro atoms. The number of fused-ring (bicyclic) bond motifs is 1. The molecular weight excluding hydrogens is 398 g/mol. The van der Waals surface area contributed by atoms with Gasteiger partial charge in [0, 0.05) is 16.3 Å². The van der Waals surface area contributed by atoms with E-state index in [1.807, 2.05) is 0 Å². The molecule has 2 aromatic carbocycles. The van der Waals surface area contributed by atoms with Gasteiger partial charge in [0.05, 0.1) is 30.1 Å². The number of hydrogen-bond acceptors (Lipinski definition) is 3. The Morgan fingerprint density at radius 3 is 2.37 bits per heavy atom. The molecule has 2 amide bonds. The fourth-order valence-corrected chi connectivity index (χ4v) is 5.89. The molecule has 0 unspecified atom stereocenters. The Kier molecular flexibility index (Phi) is 4.35. The van der Waals surface area contributed by atoms with Gasteiger partial charge < -0.3 is 4.90 Å². The highest BCUT2D eigenvalue weighted by Gasteiger charge is 2.54. The third-order valence-corrected chi connectivity index (χ3v) is 7.03. The third kappa shape index (κ3) is 3.17. The number of hydrogen-bond donors (Lipinski definition) is 0. The van der Waals surface area contributed by atoms with Gasteiger partial charge in [0.25, 0.3) is 0 Å². The van der Waals surface area contributed by atoms with Crippen LogP contribution in [0.5, 0.6) is 0 Å². The first kappa shape index (κ1) is 18.2. The average Bonchev–Trinajstić information content (AvgIpc) is 3.02. The number of urea groups is 1. The van der Waals surface area contributed by atoms with Gasteiger partial charge in [0.1, 0.15) is 11.6 Å². The van der Waals surface area contributed by atoms with Gasteiger partial charge in [-0.2, -0.15) is 0 Å². The molecule has 2 heterocycles. The Labute approximate surface area is 160 Å². The Hall–Kier alpha value is -2.19. The number of halogens is 3. The van der Waals surface area contributed by atoms with Gasteiger partial charge in [-0.05, 0) is 36.4 Å². The van der Waals surface area contributed by atoms with Gasteiger partial charge >= 0.3 is 6.03 Å². The molecule has 0 N–H and O–H groups in total. The van der Waals surface area contributed by atoms with Gasteiger partial charge in [0.15, 0.2) is 9.84 Å². The molecule has 5 nitrogen and oxygen atoms in total. The first-order chi connectivity index (χ1) is 12.8. The number of nitrogens with zero attached hydrogens (tertiary/aromatic N) is 2. The van der Waals surface area contributed by atoms with E-state index in [1.54, 1.807) is 0 Å². The summed E-state index contributed by atoms with van der Waals surface area (Å²) in [4.78, 5) is 15.7. The minimum absolute atomic E-state index is 0.136. The van der Waals surface area contributed by atoms with Crippen LogP contribution >= 0.6 is 11.6 Å². The highest BCUT2D eigenvalue weighted by atomic mass is 35.5. The summed E-state index contributed by atoms with van der Waals surface area (Å²) in [5.41, 5.74) is 0.534. The minimum Gasteiger partial charge on any atom is -0.314 e. The summed E-state index contributed by atoms with van der Waals surface area (Å²) < 4.78 is 51.8. The lowest BCUT2D eigenvalue weighted by molar-refractivity contribution is 0.205. The molecule has 2 saturated heterocycles. The number of carbonyl (C=O) groups excluding carboxylic acids is 1. The minimum atomic E-state index is -3.36. The number of carbonyl (C=O) groups is 1. The van der Waals surface area contributed by atoms with Crippen molar-refractivity contribution in [1.82, 2.24) is 4.90 Å². The van der Waals surface area contributed by atoms with Crippen molar-refractivity contribution in [3.8, 4) is 0 Å². The smallest absolute Gasteiger partial charge is 0.314 e. The van der Waals surface area contributed by atoms with Crippen molar-refractivity contribution in [2.45, 2.75) is 18.6 Å². The molecule has 27 heavy (non-hydrogen) atoms. The van der Waals surface area contributed by atoms with Gasteiger partial charge in [-0.15, -0.1) is 0 Å². The number of sulfone groups is 1. The molecule has 9 heteroatoms. The normalized spacial score (nSPS) is 23.7. The lowest BCUT2D eigenvalue weighted by atomic mass is 10.1. The second kappa shape index (κ2) is 6.45. The van der Waals surface area contributed by atoms with E-state index >= 15 is 0 Å². The van der Waals surface area contributed by atoms with Crippen LogP contribution in [0.2, 0.25) is 5.02 Å². The van der Waals surface area contributed by atoms with Crippen molar-refractivity contribution >= 4 is 33.2 Å². The molecule has 142 valence electrons. The van der Waals surface area contributed by atoms with Crippen LogP contribution in [0, 0.1) is 11.6 Å². The van der Waals surface area contributed by atoms with Gasteiger partial charge in [-0.3, -0.25) is 4.90 Å². The van der Waals surface area contributed by atoms with Crippen molar-refractivity contribution in [3.05, 3.63) is 64.7 Å². The molecule has 4 rings (SSSR count). The van der Waals surface area contributed by atoms with Crippen LogP contribution in [0.25, 0.3) is 0 Å². The monoisotopic (exact) mass is 412 g/mol. The van der Waals surface area contributed by atoms with Crippen molar-refractivity contribution in [1.29, 1.82) is 0 Å². The Morgan fingerprint density at radius 2 is 1.70 bits per heavy atom. The van der Waals surface area contributed by atoms with E-state index in [0.29, 0.717) is 5.69 Å². The molecule has 2 fully saturated rings. The molecule has 2 aromatic rings. The quantitative estimate of drug-likeness (QED) is 0.727. The standard InChI is InChI=1S/C18H15ClF2N2O3S/c19-14-2-1-3-15(21)13(14)8-22-16-9-27(25,26)10-17(16)23(18(22)24)12-6-4-11(20)5-7-12/h1-7,16-17H,8-10H2/t16-,17-/m0/s1. The molecule has 2 aliphatic rings. The number of amides is 2. The summed E-state index contributed by atoms with van der Waals surface area (Å²) in [6.45, 7) is -0.140. The molecular formula is C18H15ClF2N2O3S. The van der Waals surface area contributed by atoms with Gasteiger partial charge in [0.2, 0.25) is 0 Å². The highest BCUT2D eigenvalue weighted by Crippen LogP contribution is 2.36. The van der Waals surface area contributed by atoms with Crippen LogP contribution in [0.1, 0.15) is 5.56 Å². The zero-order chi connectivity index (χ0) is 19.3. The first-order valence-electron chi connectivity index (χ1n) is 8.25. The van der Waals surface area contributed by atoms with Crippen molar-refractivity contribution in [3.63, 3.8) is 0 Å². The first-order valence-corrected chi connectivity index (χ1v) is 10.5. The van der Waals surface area contributed by atoms with Gasteiger partial charge in [-0.1, -0.05) is 17.7 Å². The van der Waals surface area contributed by atoms with Crippen LogP contribution in [0.15, 0.2) is 42.5 Å². The predicted octanol–water partition coefficient (Wildman–Crippen LogP) is 3.23. The second-order valence-corrected chi connectivity index (χ2v) is 9.23. The molecule has 2 atom stereocenters.